The van der Waals surface area contributed by atoms with Crippen LogP contribution in [0.2, 0.25) is 10.0 Å². The van der Waals surface area contributed by atoms with Crippen LogP contribution in [0.5, 0.6) is 0 Å². The number of hydrogen-bond donors (Lipinski definition) is 0. The van der Waals surface area contributed by atoms with Crippen LogP contribution < -0.4 is 0 Å². The molecule has 0 spiro atoms. The molecule has 0 saturated carbocycles. The lowest BCUT2D eigenvalue weighted by Crippen LogP contribution is -2.27. The number of hydrogen-bond acceptors (Lipinski definition) is 3. The zero-order chi connectivity index (χ0) is 18.2. The topological polar surface area (TPSA) is 55.2 Å². The fraction of sp³-hybridized carbons (Fsp3) is 0.438. The van der Waals surface area contributed by atoms with Gasteiger partial charge in [-0.25, -0.2) is 8.42 Å². The minimum Gasteiger partial charge on any atom is -0.272 e. The lowest BCUT2D eigenvalue weighted by Gasteiger charge is -2.20. The monoisotopic (exact) mass is 389 g/mol. The van der Waals surface area contributed by atoms with Crippen molar-refractivity contribution in [3.8, 4) is 0 Å². The SMILES string of the molecule is Cc1nn(C)c(C(C)C)c1CN(C)S(=O)(=O)c1cccc(Cl)c1Cl. The zero-order valence-electron chi connectivity index (χ0n) is 14.3. The number of aromatic nitrogens is 2. The summed E-state index contributed by atoms with van der Waals surface area (Å²) in [6, 6.07) is 4.59. The van der Waals surface area contributed by atoms with Gasteiger partial charge in [-0.3, -0.25) is 4.68 Å². The van der Waals surface area contributed by atoms with E-state index in [9.17, 15) is 8.42 Å². The molecule has 1 heterocycles. The number of benzene rings is 1. The van der Waals surface area contributed by atoms with E-state index >= 15 is 0 Å². The number of rotatable bonds is 5. The summed E-state index contributed by atoms with van der Waals surface area (Å²) in [5.41, 5.74) is 2.75. The molecule has 5 nitrogen and oxygen atoms in total. The van der Waals surface area contributed by atoms with Crippen molar-refractivity contribution >= 4 is 33.2 Å². The molecule has 0 saturated heterocycles. The maximum atomic E-state index is 12.9. The first-order valence-corrected chi connectivity index (χ1v) is 9.69. The molecule has 24 heavy (non-hydrogen) atoms. The van der Waals surface area contributed by atoms with E-state index in [0.29, 0.717) is 0 Å². The first-order valence-electron chi connectivity index (χ1n) is 7.50. The molecule has 2 aromatic rings. The van der Waals surface area contributed by atoms with Crippen LogP contribution in [0.15, 0.2) is 23.1 Å². The lowest BCUT2D eigenvalue weighted by atomic mass is 10.0. The Morgan fingerprint density at radius 1 is 1.29 bits per heavy atom. The third kappa shape index (κ3) is 3.47. The first-order chi connectivity index (χ1) is 11.1. The third-order valence-electron chi connectivity index (χ3n) is 3.93. The van der Waals surface area contributed by atoms with E-state index in [-0.39, 0.29) is 27.4 Å². The number of sulfonamides is 1. The molecule has 0 N–H and O–H groups in total. The van der Waals surface area contributed by atoms with E-state index in [1.54, 1.807) is 12.1 Å². The quantitative estimate of drug-likeness (QED) is 0.776. The van der Waals surface area contributed by atoms with Crippen LogP contribution in [-0.2, 0) is 23.6 Å². The number of aryl methyl sites for hydroxylation is 2. The Balaban J connectivity index is 2.43. The molecule has 0 aliphatic heterocycles. The summed E-state index contributed by atoms with van der Waals surface area (Å²) >= 11 is 12.0. The average Bonchev–Trinajstić information content (AvgIpc) is 2.75. The highest BCUT2D eigenvalue weighted by Crippen LogP contribution is 2.32. The summed E-state index contributed by atoms with van der Waals surface area (Å²) in [6.07, 6.45) is 0. The van der Waals surface area contributed by atoms with Crippen molar-refractivity contribution < 1.29 is 8.42 Å². The molecule has 0 aliphatic rings. The zero-order valence-corrected chi connectivity index (χ0v) is 16.7. The first kappa shape index (κ1) is 19.2. The Labute approximate surface area is 153 Å². The van der Waals surface area contributed by atoms with Crippen LogP contribution in [0.1, 0.15) is 36.7 Å². The molecular formula is C16H21Cl2N3O2S. The van der Waals surface area contributed by atoms with Gasteiger partial charge in [0.1, 0.15) is 4.90 Å². The Morgan fingerprint density at radius 3 is 2.50 bits per heavy atom. The Morgan fingerprint density at radius 2 is 1.92 bits per heavy atom. The van der Waals surface area contributed by atoms with Crippen molar-refractivity contribution in [3.63, 3.8) is 0 Å². The smallest absolute Gasteiger partial charge is 0.244 e. The standard InChI is InChI=1S/C16H21Cl2N3O2S/c1-10(2)16-12(11(3)19-21(16)5)9-20(4)24(22,23)14-8-6-7-13(17)15(14)18/h6-8,10H,9H2,1-5H3. The second-order valence-electron chi connectivity index (χ2n) is 6.04. The lowest BCUT2D eigenvalue weighted by molar-refractivity contribution is 0.463. The fourth-order valence-electron chi connectivity index (χ4n) is 2.80. The Hall–Kier alpha value is -1.08. The van der Waals surface area contributed by atoms with Crippen molar-refractivity contribution in [3.05, 3.63) is 45.2 Å². The highest BCUT2D eigenvalue weighted by atomic mass is 35.5. The van der Waals surface area contributed by atoms with Gasteiger partial charge in [0, 0.05) is 31.9 Å². The summed E-state index contributed by atoms with van der Waals surface area (Å²) in [7, 11) is -0.360. The minimum absolute atomic E-state index is 0.00630. The highest BCUT2D eigenvalue weighted by molar-refractivity contribution is 7.89. The summed E-state index contributed by atoms with van der Waals surface area (Å²) in [6.45, 7) is 6.22. The fourth-order valence-corrected chi connectivity index (χ4v) is 4.67. The summed E-state index contributed by atoms with van der Waals surface area (Å²) in [4.78, 5) is 0.00630. The molecule has 0 aliphatic carbocycles. The van der Waals surface area contributed by atoms with Crippen molar-refractivity contribution in [1.29, 1.82) is 0 Å². The van der Waals surface area contributed by atoms with Crippen LogP contribution in [-0.4, -0.2) is 29.6 Å². The highest BCUT2D eigenvalue weighted by Gasteiger charge is 2.27. The predicted octanol–water partition coefficient (Wildman–Crippen LogP) is 3.98. The van der Waals surface area contributed by atoms with Gasteiger partial charge in [-0.15, -0.1) is 0 Å². The minimum atomic E-state index is -3.76. The van der Waals surface area contributed by atoms with E-state index in [1.165, 1.54) is 17.4 Å². The van der Waals surface area contributed by atoms with Crippen molar-refractivity contribution in [2.45, 2.75) is 38.1 Å². The van der Waals surface area contributed by atoms with Crippen LogP contribution >= 0.6 is 23.2 Å². The van der Waals surface area contributed by atoms with Gasteiger partial charge in [-0.05, 0) is 25.0 Å². The van der Waals surface area contributed by atoms with Gasteiger partial charge in [-0.2, -0.15) is 9.40 Å². The maximum absolute atomic E-state index is 12.9. The molecule has 2 rings (SSSR count). The summed E-state index contributed by atoms with van der Waals surface area (Å²) in [5.74, 6) is 0.233. The van der Waals surface area contributed by atoms with Crippen molar-refractivity contribution in [2.24, 2.45) is 7.05 Å². The molecular weight excluding hydrogens is 369 g/mol. The largest absolute Gasteiger partial charge is 0.272 e. The van der Waals surface area contributed by atoms with Crippen LogP contribution in [0.25, 0.3) is 0 Å². The summed E-state index contributed by atoms with van der Waals surface area (Å²) in [5, 5.41) is 4.67. The van der Waals surface area contributed by atoms with E-state index < -0.39 is 10.0 Å². The third-order valence-corrected chi connectivity index (χ3v) is 6.70. The normalized spacial score (nSPS) is 12.4. The van der Waals surface area contributed by atoms with E-state index in [2.05, 4.69) is 18.9 Å². The molecule has 0 atom stereocenters. The number of nitrogens with zero attached hydrogens (tertiary/aromatic N) is 3. The van der Waals surface area contributed by atoms with Gasteiger partial charge in [0.05, 0.1) is 15.7 Å². The molecule has 1 aromatic heterocycles. The van der Waals surface area contributed by atoms with Gasteiger partial charge in [-0.1, -0.05) is 43.1 Å². The van der Waals surface area contributed by atoms with Crippen molar-refractivity contribution in [1.82, 2.24) is 14.1 Å². The number of halogens is 2. The van der Waals surface area contributed by atoms with Gasteiger partial charge in [0.15, 0.2) is 0 Å². The van der Waals surface area contributed by atoms with Crippen molar-refractivity contribution in [2.75, 3.05) is 7.05 Å². The van der Waals surface area contributed by atoms with E-state index in [1.807, 2.05) is 18.7 Å². The van der Waals surface area contributed by atoms with Crippen LogP contribution in [0.3, 0.4) is 0 Å². The second kappa shape index (κ2) is 7.04. The van der Waals surface area contributed by atoms with E-state index in [4.69, 9.17) is 23.2 Å². The molecule has 0 unspecified atom stereocenters. The molecule has 1 aromatic carbocycles. The Bertz CT molecular complexity index is 860. The van der Waals surface area contributed by atoms with Gasteiger partial charge >= 0.3 is 0 Å². The maximum Gasteiger partial charge on any atom is 0.244 e. The second-order valence-corrected chi connectivity index (χ2v) is 8.84. The van der Waals surface area contributed by atoms with E-state index in [0.717, 1.165) is 17.0 Å². The average molecular weight is 390 g/mol. The van der Waals surface area contributed by atoms with Gasteiger partial charge in [0.2, 0.25) is 10.0 Å². The molecule has 8 heteroatoms. The molecule has 132 valence electrons. The predicted molar refractivity (Wildman–Crippen MR) is 97.1 cm³/mol. The summed E-state index contributed by atoms with van der Waals surface area (Å²) < 4.78 is 28.8. The van der Waals surface area contributed by atoms with Gasteiger partial charge < -0.3 is 0 Å². The molecule has 0 bridgehead atoms. The van der Waals surface area contributed by atoms with Crippen LogP contribution in [0, 0.1) is 6.92 Å². The molecule has 0 amide bonds. The van der Waals surface area contributed by atoms with Crippen LogP contribution in [0.4, 0.5) is 0 Å². The van der Waals surface area contributed by atoms with Gasteiger partial charge in [0.25, 0.3) is 0 Å². The molecule has 0 radical (unpaired) electrons. The Kier molecular flexibility index (Phi) is 5.64. The molecule has 0 fully saturated rings.